The molecule has 0 radical (unpaired) electrons. The van der Waals surface area contributed by atoms with Gasteiger partial charge < -0.3 is 15.4 Å². The van der Waals surface area contributed by atoms with Gasteiger partial charge in [0.05, 0.1) is 5.56 Å². The van der Waals surface area contributed by atoms with Crippen LogP contribution < -0.4 is 15.4 Å². The molecular formula is C18H19ClN2O2. The Morgan fingerprint density at radius 3 is 2.74 bits per heavy atom. The van der Waals surface area contributed by atoms with Gasteiger partial charge >= 0.3 is 0 Å². The summed E-state index contributed by atoms with van der Waals surface area (Å²) >= 11 is 5.88. The molecule has 1 saturated heterocycles. The maximum absolute atomic E-state index is 12.4. The van der Waals surface area contributed by atoms with Crippen LogP contribution in [0.15, 0.2) is 48.5 Å². The lowest BCUT2D eigenvalue weighted by atomic mass is 10.1. The van der Waals surface area contributed by atoms with Gasteiger partial charge in [-0.05, 0) is 42.8 Å². The third kappa shape index (κ3) is 4.24. The van der Waals surface area contributed by atoms with Crippen molar-refractivity contribution >= 4 is 17.5 Å². The van der Waals surface area contributed by atoms with Crippen LogP contribution in [0.1, 0.15) is 22.3 Å². The van der Waals surface area contributed by atoms with Crippen molar-refractivity contribution in [2.45, 2.75) is 19.1 Å². The van der Waals surface area contributed by atoms with E-state index >= 15 is 0 Å². The number of ether oxygens (including phenoxy) is 1. The van der Waals surface area contributed by atoms with Gasteiger partial charge in [0.2, 0.25) is 0 Å². The van der Waals surface area contributed by atoms with Crippen LogP contribution >= 0.6 is 11.6 Å². The van der Waals surface area contributed by atoms with Crippen molar-refractivity contribution in [1.82, 2.24) is 10.6 Å². The first-order valence-corrected chi connectivity index (χ1v) is 8.08. The number of hydrogen-bond donors (Lipinski definition) is 2. The number of carbonyl (C=O) groups excluding carboxylic acids is 1. The van der Waals surface area contributed by atoms with Crippen molar-refractivity contribution < 1.29 is 9.53 Å². The summed E-state index contributed by atoms with van der Waals surface area (Å²) in [5.74, 6) is 0.497. The first-order chi connectivity index (χ1) is 11.2. The Bertz CT molecular complexity index is 667. The number of benzene rings is 2. The van der Waals surface area contributed by atoms with E-state index < -0.39 is 0 Å². The van der Waals surface area contributed by atoms with Crippen LogP contribution in [0.2, 0.25) is 5.02 Å². The lowest BCUT2D eigenvalue weighted by Gasteiger charge is -2.14. The fourth-order valence-electron chi connectivity index (χ4n) is 2.56. The molecule has 23 heavy (non-hydrogen) atoms. The fourth-order valence-corrected chi connectivity index (χ4v) is 2.69. The number of nitrogens with one attached hydrogen (secondary N) is 2. The Morgan fingerprint density at radius 1 is 1.22 bits per heavy atom. The first kappa shape index (κ1) is 15.8. The molecule has 4 nitrogen and oxygen atoms in total. The maximum Gasteiger partial charge on any atom is 0.255 e. The monoisotopic (exact) mass is 330 g/mol. The summed E-state index contributed by atoms with van der Waals surface area (Å²) in [6.45, 7) is 2.16. The van der Waals surface area contributed by atoms with Gasteiger partial charge in [-0.2, -0.15) is 0 Å². The fraction of sp³-hybridized carbons (Fsp3) is 0.278. The molecule has 3 rings (SSSR count). The summed E-state index contributed by atoms with van der Waals surface area (Å²) in [4.78, 5) is 12.4. The minimum absolute atomic E-state index is 0.0922. The van der Waals surface area contributed by atoms with Gasteiger partial charge in [0.25, 0.3) is 5.91 Å². The van der Waals surface area contributed by atoms with Gasteiger partial charge in [0, 0.05) is 17.6 Å². The number of rotatable bonds is 5. The molecule has 1 aliphatic rings. The molecule has 5 heteroatoms. The third-order valence-corrected chi connectivity index (χ3v) is 4.09. The van der Waals surface area contributed by atoms with E-state index in [9.17, 15) is 4.79 Å². The maximum atomic E-state index is 12.4. The van der Waals surface area contributed by atoms with Gasteiger partial charge in [-0.1, -0.05) is 35.9 Å². The molecule has 0 bridgehead atoms. The number of halogens is 1. The lowest BCUT2D eigenvalue weighted by molar-refractivity contribution is 0.0935. The molecule has 1 unspecified atom stereocenters. The predicted molar refractivity (Wildman–Crippen MR) is 91.0 cm³/mol. The molecule has 2 aromatic rings. The zero-order valence-corrected chi connectivity index (χ0v) is 13.5. The Hall–Kier alpha value is -2.04. The molecule has 2 aromatic carbocycles. The van der Waals surface area contributed by atoms with Gasteiger partial charge in [0.15, 0.2) is 0 Å². The predicted octanol–water partition coefficient (Wildman–Crippen LogP) is 3.01. The van der Waals surface area contributed by atoms with Gasteiger partial charge in [-0.3, -0.25) is 4.79 Å². The normalized spacial score (nSPS) is 17.0. The smallest absolute Gasteiger partial charge is 0.255 e. The van der Waals surface area contributed by atoms with E-state index in [0.29, 0.717) is 22.9 Å². The summed E-state index contributed by atoms with van der Waals surface area (Å²) < 4.78 is 5.83. The highest BCUT2D eigenvalue weighted by molar-refractivity contribution is 6.30. The minimum atomic E-state index is -0.0922. The molecule has 0 spiro atoms. The van der Waals surface area contributed by atoms with Crippen LogP contribution in [0.25, 0.3) is 0 Å². The van der Waals surface area contributed by atoms with E-state index in [1.54, 1.807) is 6.07 Å². The molecule has 1 aliphatic heterocycles. The van der Waals surface area contributed by atoms with Crippen molar-refractivity contribution in [3.8, 4) is 5.75 Å². The van der Waals surface area contributed by atoms with Crippen LogP contribution in [-0.4, -0.2) is 25.0 Å². The van der Waals surface area contributed by atoms with Crippen LogP contribution in [0.5, 0.6) is 5.75 Å². The second-order valence-electron chi connectivity index (χ2n) is 5.57. The molecule has 2 N–H and O–H groups in total. The zero-order valence-electron chi connectivity index (χ0n) is 12.7. The van der Waals surface area contributed by atoms with Crippen molar-refractivity contribution in [1.29, 1.82) is 0 Å². The molecule has 120 valence electrons. The van der Waals surface area contributed by atoms with E-state index in [1.807, 2.05) is 42.5 Å². The summed E-state index contributed by atoms with van der Waals surface area (Å²) in [6.07, 6.45) is 0.958. The second kappa shape index (κ2) is 7.49. The standard InChI is InChI=1S/C18H19ClN2O2/c19-14-7-5-13(6-8-14)12-23-17-4-2-1-3-16(17)18(22)21-15-9-10-20-11-15/h1-8,15,20H,9-12H2,(H,21,22). The van der Waals surface area contributed by atoms with Crippen molar-refractivity contribution in [2.24, 2.45) is 0 Å². The topological polar surface area (TPSA) is 50.4 Å². The van der Waals surface area contributed by atoms with E-state index in [1.165, 1.54) is 0 Å². The van der Waals surface area contributed by atoms with Crippen molar-refractivity contribution in [3.05, 3.63) is 64.7 Å². The molecule has 1 heterocycles. The van der Waals surface area contributed by atoms with E-state index in [4.69, 9.17) is 16.3 Å². The highest BCUT2D eigenvalue weighted by Gasteiger charge is 2.19. The van der Waals surface area contributed by atoms with Crippen LogP contribution in [0.3, 0.4) is 0 Å². The minimum Gasteiger partial charge on any atom is -0.488 e. The zero-order chi connectivity index (χ0) is 16.1. The molecular weight excluding hydrogens is 312 g/mol. The summed E-state index contributed by atoms with van der Waals surface area (Å²) in [5.41, 5.74) is 1.57. The molecule has 1 amide bonds. The van der Waals surface area contributed by atoms with Gasteiger partial charge in [-0.15, -0.1) is 0 Å². The number of amides is 1. The van der Waals surface area contributed by atoms with Crippen LogP contribution in [0.4, 0.5) is 0 Å². The average Bonchev–Trinajstić information content (AvgIpc) is 3.07. The summed E-state index contributed by atoms with van der Waals surface area (Å²) in [6, 6.07) is 15.0. The Kier molecular flexibility index (Phi) is 5.16. The van der Waals surface area contributed by atoms with Gasteiger partial charge in [0.1, 0.15) is 12.4 Å². The van der Waals surface area contributed by atoms with E-state index in [-0.39, 0.29) is 11.9 Å². The summed E-state index contributed by atoms with van der Waals surface area (Å²) in [7, 11) is 0. The van der Waals surface area contributed by atoms with Gasteiger partial charge in [-0.25, -0.2) is 0 Å². The average molecular weight is 331 g/mol. The number of carbonyl (C=O) groups is 1. The van der Waals surface area contributed by atoms with Crippen LogP contribution in [0, 0.1) is 0 Å². The summed E-state index contributed by atoms with van der Waals surface area (Å²) in [5, 5.41) is 6.97. The largest absolute Gasteiger partial charge is 0.488 e. The number of hydrogen-bond acceptors (Lipinski definition) is 3. The lowest BCUT2D eigenvalue weighted by Crippen LogP contribution is -2.36. The van der Waals surface area contributed by atoms with E-state index in [0.717, 1.165) is 25.1 Å². The van der Waals surface area contributed by atoms with E-state index in [2.05, 4.69) is 10.6 Å². The number of para-hydroxylation sites is 1. The second-order valence-corrected chi connectivity index (χ2v) is 6.01. The Labute approximate surface area is 140 Å². The van der Waals surface area contributed by atoms with Crippen molar-refractivity contribution in [2.75, 3.05) is 13.1 Å². The molecule has 0 aliphatic carbocycles. The molecule has 1 atom stereocenters. The van der Waals surface area contributed by atoms with Crippen molar-refractivity contribution in [3.63, 3.8) is 0 Å². The Balaban J connectivity index is 1.67. The highest BCUT2D eigenvalue weighted by atomic mass is 35.5. The third-order valence-electron chi connectivity index (χ3n) is 3.83. The first-order valence-electron chi connectivity index (χ1n) is 7.70. The Morgan fingerprint density at radius 2 is 2.00 bits per heavy atom. The van der Waals surface area contributed by atoms with Crippen LogP contribution in [-0.2, 0) is 6.61 Å². The molecule has 0 aromatic heterocycles. The SMILES string of the molecule is O=C(NC1CCNC1)c1ccccc1OCc1ccc(Cl)cc1. The quantitative estimate of drug-likeness (QED) is 0.886. The highest BCUT2D eigenvalue weighted by Crippen LogP contribution is 2.20. The molecule has 0 saturated carbocycles. The molecule has 1 fully saturated rings.